The minimum Gasteiger partial charge on any atom is -0.464 e. The fraction of sp³-hybridized carbons (Fsp3) is 0. The predicted octanol–water partition coefficient (Wildman–Crippen LogP) is 3.62. The van der Waals surface area contributed by atoms with Crippen molar-refractivity contribution < 1.29 is 9.21 Å². The maximum atomic E-state index is 12.3. The number of carbonyl (C=O) groups is 1. The molecule has 0 aliphatic carbocycles. The van der Waals surface area contributed by atoms with E-state index < -0.39 is 0 Å². The van der Waals surface area contributed by atoms with E-state index in [-0.39, 0.29) is 5.91 Å². The van der Waals surface area contributed by atoms with Crippen molar-refractivity contribution in [1.82, 2.24) is 15.2 Å². The highest BCUT2D eigenvalue weighted by Crippen LogP contribution is 2.33. The number of hydrogen-bond donors (Lipinski definition) is 3. The SMILES string of the molecule is O=C1Nc2ncc(-c3ccco3)cc2C1=CNc1ccc2cn[nH]c2c1. The van der Waals surface area contributed by atoms with Crippen LogP contribution in [-0.4, -0.2) is 21.1 Å². The van der Waals surface area contributed by atoms with E-state index in [1.165, 1.54) is 0 Å². The van der Waals surface area contributed by atoms with E-state index in [0.717, 1.165) is 27.7 Å². The lowest BCUT2D eigenvalue weighted by Gasteiger charge is -2.04. The summed E-state index contributed by atoms with van der Waals surface area (Å²) in [5.41, 5.74) is 3.84. The number of fused-ring (bicyclic) bond motifs is 2. The molecular weight excluding hydrogens is 330 g/mol. The molecule has 0 spiro atoms. The zero-order valence-electron chi connectivity index (χ0n) is 13.5. The van der Waals surface area contributed by atoms with Gasteiger partial charge in [-0.05, 0) is 36.4 Å². The maximum Gasteiger partial charge on any atom is 0.259 e. The van der Waals surface area contributed by atoms with Gasteiger partial charge in [-0.1, -0.05) is 0 Å². The van der Waals surface area contributed by atoms with Crippen LogP contribution in [0, 0.1) is 0 Å². The van der Waals surface area contributed by atoms with Gasteiger partial charge in [0, 0.05) is 34.6 Å². The molecule has 126 valence electrons. The summed E-state index contributed by atoms with van der Waals surface area (Å²) in [5.74, 6) is 1.05. The number of hydrogen-bond acceptors (Lipinski definition) is 5. The lowest BCUT2D eigenvalue weighted by Crippen LogP contribution is -2.05. The lowest BCUT2D eigenvalue weighted by molar-refractivity contribution is -0.110. The molecule has 1 amide bonds. The van der Waals surface area contributed by atoms with Crippen molar-refractivity contribution in [3.8, 4) is 11.3 Å². The summed E-state index contributed by atoms with van der Waals surface area (Å²) in [6.07, 6.45) is 6.74. The van der Waals surface area contributed by atoms with Crippen LogP contribution < -0.4 is 10.6 Å². The number of nitrogens with one attached hydrogen (secondary N) is 3. The van der Waals surface area contributed by atoms with Crippen LogP contribution in [0.4, 0.5) is 11.5 Å². The van der Waals surface area contributed by atoms with E-state index in [9.17, 15) is 4.79 Å². The molecule has 4 aromatic rings. The number of rotatable bonds is 3. The average molecular weight is 343 g/mol. The number of anilines is 2. The summed E-state index contributed by atoms with van der Waals surface area (Å²) in [5, 5.41) is 13.9. The third kappa shape index (κ3) is 2.34. The largest absolute Gasteiger partial charge is 0.464 e. The Bertz CT molecular complexity index is 1160. The molecule has 1 aliphatic heterocycles. The van der Waals surface area contributed by atoms with Gasteiger partial charge in [-0.25, -0.2) is 4.98 Å². The van der Waals surface area contributed by atoms with Crippen molar-refractivity contribution in [2.24, 2.45) is 0 Å². The molecule has 1 aliphatic rings. The van der Waals surface area contributed by atoms with E-state index in [1.807, 2.05) is 36.4 Å². The summed E-state index contributed by atoms with van der Waals surface area (Å²) in [7, 11) is 0. The number of aromatic amines is 1. The lowest BCUT2D eigenvalue weighted by atomic mass is 10.1. The Hall–Kier alpha value is -3.87. The standard InChI is InChI=1S/C19H13N5O2/c25-19-15(10-20-13-4-3-11-9-22-24-16(11)7-13)14-6-12(8-21-18(14)23-19)17-2-1-5-26-17/h1-10,20H,(H,22,24)(H,21,23,25). The molecule has 26 heavy (non-hydrogen) atoms. The Kier molecular flexibility index (Phi) is 3.11. The first-order chi connectivity index (χ1) is 12.8. The molecule has 4 heterocycles. The highest BCUT2D eigenvalue weighted by Gasteiger charge is 2.26. The second kappa shape index (κ2) is 5.59. The summed E-state index contributed by atoms with van der Waals surface area (Å²) in [4.78, 5) is 16.7. The third-order valence-electron chi connectivity index (χ3n) is 4.29. The van der Waals surface area contributed by atoms with Gasteiger partial charge < -0.3 is 15.1 Å². The van der Waals surface area contributed by atoms with Crippen LogP contribution in [0.15, 0.2) is 65.7 Å². The number of amides is 1. The van der Waals surface area contributed by atoms with Gasteiger partial charge in [0.1, 0.15) is 11.6 Å². The molecule has 0 saturated carbocycles. The second-order valence-electron chi connectivity index (χ2n) is 5.93. The van der Waals surface area contributed by atoms with Gasteiger partial charge in [0.2, 0.25) is 0 Å². The first-order valence-electron chi connectivity index (χ1n) is 8.03. The molecular formula is C19H13N5O2. The van der Waals surface area contributed by atoms with Crippen molar-refractivity contribution in [2.45, 2.75) is 0 Å². The number of nitrogens with zero attached hydrogens (tertiary/aromatic N) is 2. The molecule has 5 rings (SSSR count). The van der Waals surface area contributed by atoms with Crippen LogP contribution in [-0.2, 0) is 4.79 Å². The fourth-order valence-corrected chi connectivity index (χ4v) is 2.97. The fourth-order valence-electron chi connectivity index (χ4n) is 2.97. The first kappa shape index (κ1) is 14.5. The first-order valence-corrected chi connectivity index (χ1v) is 8.03. The van der Waals surface area contributed by atoms with E-state index >= 15 is 0 Å². The molecule has 0 saturated heterocycles. The number of benzene rings is 1. The van der Waals surface area contributed by atoms with Gasteiger partial charge in [-0.15, -0.1) is 0 Å². The summed E-state index contributed by atoms with van der Waals surface area (Å²) < 4.78 is 5.41. The van der Waals surface area contributed by atoms with Gasteiger partial charge in [0.25, 0.3) is 5.91 Å². The van der Waals surface area contributed by atoms with Crippen molar-refractivity contribution in [3.63, 3.8) is 0 Å². The molecule has 7 heteroatoms. The van der Waals surface area contributed by atoms with E-state index in [4.69, 9.17) is 4.42 Å². The Morgan fingerprint density at radius 2 is 2.12 bits per heavy atom. The monoisotopic (exact) mass is 343 g/mol. The average Bonchev–Trinajstić information content (AvgIpc) is 3.39. The second-order valence-corrected chi connectivity index (χ2v) is 5.93. The van der Waals surface area contributed by atoms with Crippen LogP contribution in [0.5, 0.6) is 0 Å². The Morgan fingerprint density at radius 3 is 3.00 bits per heavy atom. The normalized spacial score (nSPS) is 14.6. The van der Waals surface area contributed by atoms with Crippen molar-refractivity contribution in [1.29, 1.82) is 0 Å². The topological polar surface area (TPSA) is 95.8 Å². The van der Waals surface area contributed by atoms with E-state index in [1.54, 1.807) is 24.9 Å². The molecule has 0 bridgehead atoms. The third-order valence-corrected chi connectivity index (χ3v) is 4.29. The molecule has 0 radical (unpaired) electrons. The van der Waals surface area contributed by atoms with Gasteiger partial charge >= 0.3 is 0 Å². The molecule has 0 atom stereocenters. The Labute approximate surface area is 147 Å². The van der Waals surface area contributed by atoms with Crippen molar-refractivity contribution in [3.05, 3.63) is 66.8 Å². The number of pyridine rings is 1. The Balaban J connectivity index is 1.50. The molecule has 0 unspecified atom stereocenters. The van der Waals surface area contributed by atoms with Crippen LogP contribution in [0.25, 0.3) is 27.8 Å². The van der Waals surface area contributed by atoms with Gasteiger partial charge in [0.15, 0.2) is 0 Å². The van der Waals surface area contributed by atoms with Gasteiger partial charge in [-0.2, -0.15) is 5.10 Å². The zero-order chi connectivity index (χ0) is 17.5. The molecule has 3 N–H and O–H groups in total. The van der Waals surface area contributed by atoms with Gasteiger partial charge in [0.05, 0.1) is 23.5 Å². The van der Waals surface area contributed by atoms with Crippen molar-refractivity contribution >= 4 is 33.9 Å². The number of H-pyrrole nitrogens is 1. The van der Waals surface area contributed by atoms with Crippen LogP contribution in [0.3, 0.4) is 0 Å². The summed E-state index contributed by atoms with van der Waals surface area (Å²) in [6, 6.07) is 11.4. The minimum absolute atomic E-state index is 0.195. The van der Waals surface area contributed by atoms with Crippen LogP contribution in [0.1, 0.15) is 5.56 Å². The Morgan fingerprint density at radius 1 is 1.15 bits per heavy atom. The molecule has 7 nitrogen and oxygen atoms in total. The number of furan rings is 1. The molecule has 1 aromatic carbocycles. The predicted molar refractivity (Wildman–Crippen MR) is 98.3 cm³/mol. The smallest absolute Gasteiger partial charge is 0.259 e. The molecule has 0 fully saturated rings. The molecule has 3 aromatic heterocycles. The van der Waals surface area contributed by atoms with Crippen LogP contribution >= 0.6 is 0 Å². The van der Waals surface area contributed by atoms with Gasteiger partial charge in [-0.3, -0.25) is 9.89 Å². The van der Waals surface area contributed by atoms with Crippen LogP contribution in [0.2, 0.25) is 0 Å². The van der Waals surface area contributed by atoms with E-state index in [2.05, 4.69) is 25.8 Å². The number of aromatic nitrogens is 3. The highest BCUT2D eigenvalue weighted by molar-refractivity contribution is 6.31. The highest BCUT2D eigenvalue weighted by atomic mass is 16.3. The van der Waals surface area contributed by atoms with Crippen molar-refractivity contribution in [2.75, 3.05) is 10.6 Å². The quantitative estimate of drug-likeness (QED) is 0.494. The summed E-state index contributed by atoms with van der Waals surface area (Å²) in [6.45, 7) is 0. The summed E-state index contributed by atoms with van der Waals surface area (Å²) >= 11 is 0. The number of carbonyl (C=O) groups excluding carboxylic acids is 1. The minimum atomic E-state index is -0.195. The maximum absolute atomic E-state index is 12.3. The zero-order valence-corrected chi connectivity index (χ0v) is 13.5. The van der Waals surface area contributed by atoms with E-state index in [0.29, 0.717) is 17.2 Å².